The molecular formula is C11H17N3O. The Kier molecular flexibility index (Phi) is 2.86. The first-order chi connectivity index (χ1) is 7.18. The Morgan fingerprint density at radius 3 is 3.07 bits per heavy atom. The molecule has 1 saturated heterocycles. The number of likely N-dealkylation sites (tertiary alicyclic amines) is 1. The number of rotatable bonds is 2. The van der Waals surface area contributed by atoms with Crippen molar-refractivity contribution in [2.45, 2.75) is 25.8 Å². The van der Waals surface area contributed by atoms with Crippen LogP contribution < -0.4 is 0 Å². The molecule has 1 aromatic heterocycles. The van der Waals surface area contributed by atoms with Crippen LogP contribution in [-0.2, 0) is 0 Å². The number of aromatic nitrogens is 2. The molecule has 4 heteroatoms. The number of piperidine rings is 1. The summed E-state index contributed by atoms with van der Waals surface area (Å²) in [6.45, 7) is 3.73. The Hall–Kier alpha value is -1.16. The molecule has 1 aromatic rings. The predicted octanol–water partition coefficient (Wildman–Crippen LogP) is 1.35. The lowest BCUT2D eigenvalue weighted by atomic mass is 10.1. The zero-order valence-corrected chi connectivity index (χ0v) is 9.31. The summed E-state index contributed by atoms with van der Waals surface area (Å²) in [7, 11) is 2.11. The molecule has 0 spiro atoms. The second kappa shape index (κ2) is 4.14. The second-order valence-corrected chi connectivity index (χ2v) is 4.28. The highest BCUT2D eigenvalue weighted by Gasteiger charge is 2.22. The molecule has 0 bridgehead atoms. The van der Waals surface area contributed by atoms with Gasteiger partial charge < -0.3 is 4.90 Å². The van der Waals surface area contributed by atoms with Crippen molar-refractivity contribution >= 4 is 5.78 Å². The van der Waals surface area contributed by atoms with Gasteiger partial charge in [0.1, 0.15) is 5.69 Å². The molecule has 15 heavy (non-hydrogen) atoms. The molecule has 0 N–H and O–H groups in total. The molecule has 1 unspecified atom stereocenters. The molecule has 2 heterocycles. The van der Waals surface area contributed by atoms with Crippen molar-refractivity contribution in [2.24, 2.45) is 0 Å². The molecule has 1 fully saturated rings. The zero-order valence-electron chi connectivity index (χ0n) is 9.31. The van der Waals surface area contributed by atoms with Gasteiger partial charge in [0.15, 0.2) is 5.78 Å². The van der Waals surface area contributed by atoms with E-state index in [1.807, 2.05) is 4.68 Å². The van der Waals surface area contributed by atoms with Crippen molar-refractivity contribution in [1.29, 1.82) is 0 Å². The Labute approximate surface area is 89.9 Å². The molecule has 82 valence electrons. The topological polar surface area (TPSA) is 38.1 Å². The summed E-state index contributed by atoms with van der Waals surface area (Å²) in [5.74, 6) is 0.0979. The van der Waals surface area contributed by atoms with E-state index in [4.69, 9.17) is 0 Å². The third-order valence-corrected chi connectivity index (χ3v) is 2.98. The van der Waals surface area contributed by atoms with Gasteiger partial charge in [-0.1, -0.05) is 0 Å². The molecule has 4 nitrogen and oxygen atoms in total. The number of carbonyl (C=O) groups is 1. The van der Waals surface area contributed by atoms with Crippen LogP contribution in [0.2, 0.25) is 0 Å². The molecule has 0 radical (unpaired) electrons. The Balaban J connectivity index is 2.21. The minimum Gasteiger partial charge on any atom is -0.304 e. The Morgan fingerprint density at radius 2 is 2.40 bits per heavy atom. The highest BCUT2D eigenvalue weighted by atomic mass is 16.1. The maximum Gasteiger partial charge on any atom is 0.177 e. The second-order valence-electron chi connectivity index (χ2n) is 4.28. The fourth-order valence-corrected chi connectivity index (χ4v) is 2.22. The number of hydrogen-bond donors (Lipinski definition) is 0. The van der Waals surface area contributed by atoms with Gasteiger partial charge in [-0.15, -0.1) is 0 Å². The average Bonchev–Trinajstić information content (AvgIpc) is 2.65. The molecule has 1 aliphatic heterocycles. The first-order valence-corrected chi connectivity index (χ1v) is 5.41. The maximum absolute atomic E-state index is 11.4. The smallest absolute Gasteiger partial charge is 0.177 e. The number of nitrogens with zero attached hydrogens (tertiary/aromatic N) is 3. The standard InChI is InChI=1S/C11H17N3O/c1-9(15)11-5-6-12-14(11)10-4-3-7-13(2)8-10/h5-6,10H,3-4,7-8H2,1-2H3. The normalized spacial score (nSPS) is 22.9. The van der Waals surface area contributed by atoms with Crippen molar-refractivity contribution in [1.82, 2.24) is 14.7 Å². The summed E-state index contributed by atoms with van der Waals surface area (Å²) >= 11 is 0. The van der Waals surface area contributed by atoms with Gasteiger partial charge in [0.2, 0.25) is 0 Å². The largest absolute Gasteiger partial charge is 0.304 e. The minimum atomic E-state index is 0.0979. The van der Waals surface area contributed by atoms with Crippen LogP contribution in [0.4, 0.5) is 0 Å². The van der Waals surface area contributed by atoms with Crippen molar-refractivity contribution in [2.75, 3.05) is 20.1 Å². The highest BCUT2D eigenvalue weighted by Crippen LogP contribution is 2.21. The van der Waals surface area contributed by atoms with Crippen LogP contribution in [0.3, 0.4) is 0 Å². The van der Waals surface area contributed by atoms with Crippen LogP contribution in [-0.4, -0.2) is 40.6 Å². The summed E-state index contributed by atoms with van der Waals surface area (Å²) in [5.41, 5.74) is 0.732. The summed E-state index contributed by atoms with van der Waals surface area (Å²) in [6.07, 6.45) is 4.01. The van der Waals surface area contributed by atoms with Gasteiger partial charge in [-0.05, 0) is 32.5 Å². The van der Waals surface area contributed by atoms with Gasteiger partial charge in [0.25, 0.3) is 0 Å². The van der Waals surface area contributed by atoms with Crippen LogP contribution in [0, 0.1) is 0 Å². The van der Waals surface area contributed by atoms with Crippen molar-refractivity contribution in [3.8, 4) is 0 Å². The van der Waals surface area contributed by atoms with E-state index in [0.717, 1.165) is 25.2 Å². The van der Waals surface area contributed by atoms with E-state index in [1.54, 1.807) is 19.2 Å². The monoisotopic (exact) mass is 207 g/mol. The number of carbonyl (C=O) groups excluding carboxylic acids is 1. The van der Waals surface area contributed by atoms with Gasteiger partial charge in [-0.25, -0.2) is 0 Å². The van der Waals surface area contributed by atoms with Gasteiger partial charge in [-0.3, -0.25) is 9.48 Å². The summed E-state index contributed by atoms with van der Waals surface area (Å²) in [6, 6.07) is 2.16. The van der Waals surface area contributed by atoms with Crippen molar-refractivity contribution in [3.63, 3.8) is 0 Å². The minimum absolute atomic E-state index is 0.0979. The molecular weight excluding hydrogens is 190 g/mol. The summed E-state index contributed by atoms with van der Waals surface area (Å²) in [5, 5.41) is 4.26. The first kappa shape index (κ1) is 10.4. The van der Waals surface area contributed by atoms with Gasteiger partial charge >= 0.3 is 0 Å². The van der Waals surface area contributed by atoms with Crippen LogP contribution in [0.1, 0.15) is 36.3 Å². The van der Waals surface area contributed by atoms with Gasteiger partial charge in [-0.2, -0.15) is 5.10 Å². The number of ketones is 1. The van der Waals surface area contributed by atoms with Crippen LogP contribution in [0.15, 0.2) is 12.3 Å². The molecule has 0 aromatic carbocycles. The first-order valence-electron chi connectivity index (χ1n) is 5.41. The third kappa shape index (κ3) is 2.09. The lowest BCUT2D eigenvalue weighted by Crippen LogP contribution is -2.34. The quantitative estimate of drug-likeness (QED) is 0.687. The predicted molar refractivity (Wildman–Crippen MR) is 58.0 cm³/mol. The van der Waals surface area contributed by atoms with Crippen LogP contribution >= 0.6 is 0 Å². The van der Waals surface area contributed by atoms with Crippen LogP contribution in [0.25, 0.3) is 0 Å². The van der Waals surface area contributed by atoms with Crippen molar-refractivity contribution in [3.05, 3.63) is 18.0 Å². The van der Waals surface area contributed by atoms with E-state index in [-0.39, 0.29) is 5.78 Å². The highest BCUT2D eigenvalue weighted by molar-refractivity contribution is 5.92. The van der Waals surface area contributed by atoms with E-state index in [1.165, 1.54) is 6.42 Å². The Bertz CT molecular complexity index is 358. The van der Waals surface area contributed by atoms with E-state index >= 15 is 0 Å². The molecule has 0 amide bonds. The van der Waals surface area contributed by atoms with E-state index in [2.05, 4.69) is 17.0 Å². The van der Waals surface area contributed by atoms with Crippen LogP contribution in [0.5, 0.6) is 0 Å². The number of hydrogen-bond acceptors (Lipinski definition) is 3. The van der Waals surface area contributed by atoms with Gasteiger partial charge in [0, 0.05) is 19.7 Å². The number of Topliss-reactive ketones (excluding diaryl/α,β-unsaturated/α-hetero) is 1. The van der Waals surface area contributed by atoms with Crippen molar-refractivity contribution < 1.29 is 4.79 Å². The van der Waals surface area contributed by atoms with E-state index < -0.39 is 0 Å². The molecule has 1 aliphatic rings. The molecule has 0 aliphatic carbocycles. The molecule has 1 atom stereocenters. The molecule has 0 saturated carbocycles. The fraction of sp³-hybridized carbons (Fsp3) is 0.636. The zero-order chi connectivity index (χ0) is 10.8. The van der Waals surface area contributed by atoms with E-state index in [0.29, 0.717) is 6.04 Å². The van der Waals surface area contributed by atoms with E-state index in [9.17, 15) is 4.79 Å². The van der Waals surface area contributed by atoms with Gasteiger partial charge in [0.05, 0.1) is 6.04 Å². The lowest BCUT2D eigenvalue weighted by molar-refractivity contribution is 0.0994. The molecule has 2 rings (SSSR count). The average molecular weight is 207 g/mol. The third-order valence-electron chi connectivity index (χ3n) is 2.98. The summed E-state index contributed by atoms with van der Waals surface area (Å²) in [4.78, 5) is 13.7. The lowest BCUT2D eigenvalue weighted by Gasteiger charge is -2.30. The Morgan fingerprint density at radius 1 is 1.60 bits per heavy atom. The fourth-order valence-electron chi connectivity index (χ4n) is 2.22. The maximum atomic E-state index is 11.4. The number of likely N-dealkylation sites (N-methyl/N-ethyl adjacent to an activating group) is 1. The SMILES string of the molecule is CC(=O)c1ccnn1C1CCCN(C)C1. The summed E-state index contributed by atoms with van der Waals surface area (Å²) < 4.78 is 1.89.